The molecule has 0 aliphatic carbocycles. The van der Waals surface area contributed by atoms with Gasteiger partial charge in [-0.05, 0) is 44.9 Å². The van der Waals surface area contributed by atoms with E-state index >= 15 is 0 Å². The van der Waals surface area contributed by atoms with Crippen LogP contribution in [0.15, 0.2) is 42.9 Å². The van der Waals surface area contributed by atoms with Crippen molar-refractivity contribution >= 4 is 5.91 Å². The first-order valence-electron chi connectivity index (χ1n) is 9.90. The van der Waals surface area contributed by atoms with Gasteiger partial charge in [0.25, 0.3) is 5.91 Å². The highest BCUT2D eigenvalue weighted by atomic mass is 16.2. The quantitative estimate of drug-likeness (QED) is 0.685. The van der Waals surface area contributed by atoms with E-state index in [4.69, 9.17) is 0 Å². The van der Waals surface area contributed by atoms with Gasteiger partial charge in [-0.15, -0.1) is 0 Å². The topological polar surface area (TPSA) is 68.8 Å². The van der Waals surface area contributed by atoms with E-state index in [1.165, 1.54) is 0 Å². The van der Waals surface area contributed by atoms with Crippen molar-refractivity contribution in [1.82, 2.24) is 29.2 Å². The Bertz CT molecular complexity index is 937. The van der Waals surface area contributed by atoms with E-state index in [2.05, 4.69) is 19.6 Å². The number of pyridine rings is 1. The molecular formula is C21H26N6O. The molecule has 3 aromatic rings. The van der Waals surface area contributed by atoms with Crippen molar-refractivity contribution in [3.63, 3.8) is 0 Å². The predicted molar refractivity (Wildman–Crippen MR) is 106 cm³/mol. The maximum absolute atomic E-state index is 12.9. The van der Waals surface area contributed by atoms with Crippen LogP contribution < -0.4 is 0 Å². The summed E-state index contributed by atoms with van der Waals surface area (Å²) in [6, 6.07) is 7.85. The van der Waals surface area contributed by atoms with Gasteiger partial charge in [0, 0.05) is 44.1 Å². The molecule has 0 saturated carbocycles. The zero-order valence-corrected chi connectivity index (χ0v) is 16.5. The van der Waals surface area contributed by atoms with Gasteiger partial charge in [0.1, 0.15) is 11.5 Å². The highest BCUT2D eigenvalue weighted by Crippen LogP contribution is 2.28. The minimum absolute atomic E-state index is 0.0812. The molecule has 0 unspecified atom stereocenters. The molecule has 1 saturated heterocycles. The number of carbonyl (C=O) groups excluding carboxylic acids is 1. The van der Waals surface area contributed by atoms with Crippen LogP contribution in [0.3, 0.4) is 0 Å². The predicted octanol–water partition coefficient (Wildman–Crippen LogP) is 2.87. The molecule has 7 heteroatoms. The van der Waals surface area contributed by atoms with E-state index in [1.54, 1.807) is 4.68 Å². The highest BCUT2D eigenvalue weighted by molar-refractivity contribution is 5.92. The van der Waals surface area contributed by atoms with E-state index in [0.29, 0.717) is 18.2 Å². The van der Waals surface area contributed by atoms with Gasteiger partial charge in [0.15, 0.2) is 0 Å². The zero-order valence-electron chi connectivity index (χ0n) is 16.5. The molecule has 1 aliphatic heterocycles. The van der Waals surface area contributed by atoms with Crippen molar-refractivity contribution in [2.45, 2.75) is 45.7 Å². The smallest absolute Gasteiger partial charge is 0.272 e. The largest absolute Gasteiger partial charge is 0.337 e. The molecule has 4 heterocycles. The van der Waals surface area contributed by atoms with Crippen molar-refractivity contribution in [3.8, 4) is 0 Å². The van der Waals surface area contributed by atoms with Gasteiger partial charge in [-0.1, -0.05) is 6.07 Å². The van der Waals surface area contributed by atoms with Gasteiger partial charge < -0.3 is 9.47 Å². The summed E-state index contributed by atoms with van der Waals surface area (Å²) in [5.41, 5.74) is 2.60. The van der Waals surface area contributed by atoms with E-state index in [1.807, 2.05) is 61.6 Å². The van der Waals surface area contributed by atoms with Crippen LogP contribution in [0.1, 0.15) is 53.4 Å². The lowest BCUT2D eigenvalue weighted by Gasteiger charge is -2.32. The SMILES string of the molecule is CCn1nc(C)cc1C(=O)N1CCC(c2nccn2Cc2ccccn2)CC1. The molecule has 28 heavy (non-hydrogen) atoms. The van der Waals surface area contributed by atoms with Crippen LogP contribution >= 0.6 is 0 Å². The lowest BCUT2D eigenvalue weighted by atomic mass is 9.95. The molecule has 0 radical (unpaired) electrons. The minimum atomic E-state index is 0.0812. The molecule has 1 aliphatic rings. The van der Waals surface area contributed by atoms with Gasteiger partial charge in [-0.2, -0.15) is 5.10 Å². The summed E-state index contributed by atoms with van der Waals surface area (Å²) in [4.78, 5) is 23.9. The molecule has 3 aromatic heterocycles. The zero-order chi connectivity index (χ0) is 19.5. The molecule has 1 fully saturated rings. The van der Waals surface area contributed by atoms with Crippen molar-refractivity contribution in [2.24, 2.45) is 0 Å². The van der Waals surface area contributed by atoms with Crippen molar-refractivity contribution in [3.05, 3.63) is 65.8 Å². The number of rotatable bonds is 5. The number of carbonyl (C=O) groups is 1. The lowest BCUT2D eigenvalue weighted by Crippen LogP contribution is -2.39. The Morgan fingerprint density at radius 1 is 1.18 bits per heavy atom. The van der Waals surface area contributed by atoms with E-state index in [9.17, 15) is 4.79 Å². The molecule has 1 amide bonds. The number of amides is 1. The second-order valence-electron chi connectivity index (χ2n) is 7.29. The van der Waals surface area contributed by atoms with Crippen LogP contribution in [0.2, 0.25) is 0 Å². The molecule has 7 nitrogen and oxygen atoms in total. The van der Waals surface area contributed by atoms with Crippen LogP contribution in [-0.4, -0.2) is 48.2 Å². The monoisotopic (exact) mass is 378 g/mol. The summed E-state index contributed by atoms with van der Waals surface area (Å²) < 4.78 is 3.98. The Hall–Kier alpha value is -2.96. The van der Waals surface area contributed by atoms with E-state index < -0.39 is 0 Å². The fraction of sp³-hybridized carbons (Fsp3) is 0.429. The summed E-state index contributed by atoms with van der Waals surface area (Å²) in [5.74, 6) is 1.53. The Morgan fingerprint density at radius 2 is 2.00 bits per heavy atom. The van der Waals surface area contributed by atoms with Crippen molar-refractivity contribution in [2.75, 3.05) is 13.1 Å². The number of likely N-dealkylation sites (tertiary alicyclic amines) is 1. The van der Waals surface area contributed by atoms with Crippen LogP contribution in [0.4, 0.5) is 0 Å². The van der Waals surface area contributed by atoms with Crippen molar-refractivity contribution < 1.29 is 4.79 Å². The normalized spacial score (nSPS) is 15.1. The molecular weight excluding hydrogens is 352 g/mol. The second-order valence-corrected chi connectivity index (χ2v) is 7.29. The van der Waals surface area contributed by atoms with Crippen LogP contribution in [-0.2, 0) is 13.1 Å². The minimum Gasteiger partial charge on any atom is -0.337 e. The summed E-state index contributed by atoms with van der Waals surface area (Å²) >= 11 is 0. The Kier molecular flexibility index (Phi) is 5.23. The summed E-state index contributed by atoms with van der Waals surface area (Å²) in [7, 11) is 0. The second kappa shape index (κ2) is 7.96. The molecule has 0 spiro atoms. The number of imidazole rings is 1. The van der Waals surface area contributed by atoms with Gasteiger partial charge in [0.05, 0.1) is 17.9 Å². The van der Waals surface area contributed by atoms with Crippen molar-refractivity contribution in [1.29, 1.82) is 0 Å². The lowest BCUT2D eigenvalue weighted by molar-refractivity contribution is 0.0698. The summed E-state index contributed by atoms with van der Waals surface area (Å²) in [6.07, 6.45) is 7.54. The third kappa shape index (κ3) is 3.69. The number of hydrogen-bond acceptors (Lipinski definition) is 4. The third-order valence-corrected chi connectivity index (χ3v) is 5.37. The first kappa shape index (κ1) is 18.4. The molecule has 0 N–H and O–H groups in total. The number of aryl methyl sites for hydroxylation is 2. The fourth-order valence-electron chi connectivity index (χ4n) is 3.94. The van der Waals surface area contributed by atoms with Gasteiger partial charge in [-0.3, -0.25) is 14.5 Å². The van der Waals surface area contributed by atoms with Gasteiger partial charge >= 0.3 is 0 Å². The Balaban J connectivity index is 1.42. The van der Waals surface area contributed by atoms with Crippen LogP contribution in [0.5, 0.6) is 0 Å². The fourth-order valence-corrected chi connectivity index (χ4v) is 3.94. The average Bonchev–Trinajstić information content (AvgIpc) is 3.34. The Labute approximate surface area is 165 Å². The number of piperidine rings is 1. The first-order chi connectivity index (χ1) is 13.7. The molecule has 0 bridgehead atoms. The maximum Gasteiger partial charge on any atom is 0.272 e. The number of nitrogens with zero attached hydrogens (tertiary/aromatic N) is 6. The van der Waals surface area contributed by atoms with E-state index in [-0.39, 0.29) is 5.91 Å². The van der Waals surface area contributed by atoms with Crippen LogP contribution in [0.25, 0.3) is 0 Å². The summed E-state index contributed by atoms with van der Waals surface area (Å²) in [5, 5.41) is 4.40. The molecule has 146 valence electrons. The van der Waals surface area contributed by atoms with Gasteiger partial charge in [-0.25, -0.2) is 4.98 Å². The molecule has 0 atom stereocenters. The average molecular weight is 378 g/mol. The highest BCUT2D eigenvalue weighted by Gasteiger charge is 2.28. The van der Waals surface area contributed by atoms with Gasteiger partial charge in [0.2, 0.25) is 0 Å². The summed E-state index contributed by atoms with van der Waals surface area (Å²) in [6.45, 7) is 6.86. The standard InChI is InChI=1S/C21H26N6O/c1-3-27-19(14-16(2)24-27)21(28)25-11-7-17(8-12-25)20-23-10-13-26(20)15-18-6-4-5-9-22-18/h4-6,9-10,13-14,17H,3,7-8,11-12,15H2,1-2H3. The van der Waals surface area contributed by atoms with Crippen LogP contribution in [0, 0.1) is 6.92 Å². The third-order valence-electron chi connectivity index (χ3n) is 5.37. The molecule has 4 rings (SSSR count). The first-order valence-corrected chi connectivity index (χ1v) is 9.90. The number of hydrogen-bond donors (Lipinski definition) is 0. The number of aromatic nitrogens is 5. The molecule has 0 aromatic carbocycles. The maximum atomic E-state index is 12.9. The van der Waals surface area contributed by atoms with E-state index in [0.717, 1.165) is 49.7 Å². The Morgan fingerprint density at radius 3 is 2.71 bits per heavy atom.